The number of nitrogens with one attached hydrogen (secondary N) is 1. The van der Waals surface area contributed by atoms with Crippen molar-refractivity contribution >= 4 is 17.5 Å². The number of ether oxygens (including phenoxy) is 1. The molecule has 3 aromatic rings. The molecule has 2 aromatic heterocycles. The third-order valence-electron chi connectivity index (χ3n) is 4.27. The number of hydrogen-bond acceptors (Lipinski definition) is 5. The van der Waals surface area contributed by atoms with E-state index in [1.807, 2.05) is 0 Å². The number of benzene rings is 1. The Bertz CT molecular complexity index is 1010. The van der Waals surface area contributed by atoms with Crippen molar-refractivity contribution in [2.24, 2.45) is 7.05 Å². The van der Waals surface area contributed by atoms with Crippen molar-refractivity contribution in [3.05, 3.63) is 54.1 Å². The van der Waals surface area contributed by atoms with Gasteiger partial charge in [-0.1, -0.05) is 0 Å². The molecule has 0 radical (unpaired) electrons. The van der Waals surface area contributed by atoms with Gasteiger partial charge in [0.15, 0.2) is 0 Å². The Hall–Kier alpha value is -3.42. The lowest BCUT2D eigenvalue weighted by molar-refractivity contribution is 0.101. The van der Waals surface area contributed by atoms with Gasteiger partial charge in [-0.25, -0.2) is 9.37 Å². The van der Waals surface area contributed by atoms with Gasteiger partial charge in [0.2, 0.25) is 0 Å². The molecule has 27 heavy (non-hydrogen) atoms. The Balaban J connectivity index is 1.61. The van der Waals surface area contributed by atoms with E-state index in [-0.39, 0.29) is 23.6 Å². The second-order valence-electron chi connectivity index (χ2n) is 6.38. The van der Waals surface area contributed by atoms with Gasteiger partial charge in [-0.3, -0.25) is 9.48 Å². The van der Waals surface area contributed by atoms with Crippen LogP contribution in [0.4, 0.5) is 16.0 Å². The Morgan fingerprint density at radius 2 is 2.07 bits per heavy atom. The fourth-order valence-corrected chi connectivity index (χ4v) is 2.73. The molecule has 0 unspecified atom stereocenters. The molecule has 0 saturated heterocycles. The Labute approximate surface area is 155 Å². The lowest BCUT2D eigenvalue weighted by Gasteiger charge is -2.13. The van der Waals surface area contributed by atoms with Crippen LogP contribution in [0.15, 0.2) is 42.6 Å². The number of anilines is 2. The van der Waals surface area contributed by atoms with Crippen LogP contribution in [0.25, 0.3) is 11.1 Å². The van der Waals surface area contributed by atoms with Crippen LogP contribution in [-0.4, -0.2) is 26.8 Å². The van der Waals surface area contributed by atoms with E-state index >= 15 is 0 Å². The summed E-state index contributed by atoms with van der Waals surface area (Å²) >= 11 is 0. The number of rotatable bonds is 5. The van der Waals surface area contributed by atoms with Crippen molar-refractivity contribution in [1.29, 1.82) is 0 Å². The van der Waals surface area contributed by atoms with Gasteiger partial charge in [-0.15, -0.1) is 0 Å². The molecule has 1 saturated carbocycles. The predicted molar refractivity (Wildman–Crippen MR) is 98.9 cm³/mol. The summed E-state index contributed by atoms with van der Waals surface area (Å²) < 4.78 is 21.1. The maximum Gasteiger partial charge on any atom is 0.275 e. The van der Waals surface area contributed by atoms with Crippen molar-refractivity contribution in [3.63, 3.8) is 0 Å². The summed E-state index contributed by atoms with van der Waals surface area (Å²) in [5.41, 5.74) is 7.56. The Morgan fingerprint density at radius 1 is 1.26 bits per heavy atom. The number of carbonyl (C=O) groups excluding carboxylic acids is 1. The van der Waals surface area contributed by atoms with Gasteiger partial charge in [-0.05, 0) is 49.2 Å². The summed E-state index contributed by atoms with van der Waals surface area (Å²) in [7, 11) is 1.67. The zero-order valence-corrected chi connectivity index (χ0v) is 14.6. The minimum absolute atomic E-state index is 0.167. The molecule has 7 nitrogen and oxygen atoms in total. The molecule has 1 aliphatic carbocycles. The van der Waals surface area contributed by atoms with E-state index in [1.165, 1.54) is 23.0 Å². The summed E-state index contributed by atoms with van der Waals surface area (Å²) in [5, 5.41) is 6.64. The van der Waals surface area contributed by atoms with Crippen molar-refractivity contribution in [3.8, 4) is 16.9 Å². The number of nitrogen functional groups attached to an aromatic ring is 1. The summed E-state index contributed by atoms with van der Waals surface area (Å²) in [6.07, 6.45) is 3.68. The molecule has 3 N–H and O–H groups in total. The highest BCUT2D eigenvalue weighted by Crippen LogP contribution is 2.37. The van der Waals surface area contributed by atoms with E-state index in [9.17, 15) is 9.18 Å². The molecule has 138 valence electrons. The van der Waals surface area contributed by atoms with Gasteiger partial charge in [0.1, 0.15) is 28.9 Å². The number of aryl methyl sites for hydroxylation is 1. The Kier molecular flexibility index (Phi) is 4.23. The first-order valence-corrected chi connectivity index (χ1v) is 8.54. The van der Waals surface area contributed by atoms with Gasteiger partial charge in [-0.2, -0.15) is 5.10 Å². The number of amides is 1. The smallest absolute Gasteiger partial charge is 0.275 e. The highest BCUT2D eigenvalue weighted by atomic mass is 19.1. The fourth-order valence-electron chi connectivity index (χ4n) is 2.73. The summed E-state index contributed by atoms with van der Waals surface area (Å²) in [6.45, 7) is 0. The van der Waals surface area contributed by atoms with Crippen LogP contribution < -0.4 is 15.8 Å². The van der Waals surface area contributed by atoms with Crippen molar-refractivity contribution < 1.29 is 13.9 Å². The van der Waals surface area contributed by atoms with Crippen LogP contribution >= 0.6 is 0 Å². The van der Waals surface area contributed by atoms with Gasteiger partial charge in [0.25, 0.3) is 5.91 Å². The monoisotopic (exact) mass is 367 g/mol. The number of nitrogens with two attached hydrogens (primary N) is 1. The molecule has 0 bridgehead atoms. The molecular weight excluding hydrogens is 349 g/mol. The lowest BCUT2D eigenvalue weighted by Crippen LogP contribution is -2.17. The van der Waals surface area contributed by atoms with E-state index in [2.05, 4.69) is 15.4 Å². The zero-order valence-electron chi connectivity index (χ0n) is 14.6. The van der Waals surface area contributed by atoms with Crippen LogP contribution in [0.1, 0.15) is 23.3 Å². The summed E-state index contributed by atoms with van der Waals surface area (Å²) in [4.78, 5) is 16.5. The number of pyridine rings is 1. The highest BCUT2D eigenvalue weighted by Gasteiger charge is 2.25. The first-order chi connectivity index (χ1) is 13.0. The molecule has 2 heterocycles. The molecule has 8 heteroatoms. The van der Waals surface area contributed by atoms with E-state index in [0.717, 1.165) is 12.8 Å². The second-order valence-corrected chi connectivity index (χ2v) is 6.38. The fraction of sp³-hybridized carbons (Fsp3) is 0.211. The van der Waals surface area contributed by atoms with Crippen LogP contribution in [0.2, 0.25) is 0 Å². The van der Waals surface area contributed by atoms with Crippen LogP contribution in [0.3, 0.4) is 0 Å². The third kappa shape index (κ3) is 3.59. The first kappa shape index (κ1) is 17.0. The normalized spacial score (nSPS) is 13.4. The molecule has 0 atom stereocenters. The number of nitrogens with zero attached hydrogens (tertiary/aromatic N) is 3. The average molecular weight is 367 g/mol. The molecule has 0 aliphatic heterocycles. The van der Waals surface area contributed by atoms with Crippen molar-refractivity contribution in [2.75, 3.05) is 11.1 Å². The van der Waals surface area contributed by atoms with E-state index < -0.39 is 0 Å². The number of carbonyl (C=O) groups is 1. The molecule has 4 rings (SSSR count). The zero-order chi connectivity index (χ0) is 19.0. The topological polar surface area (TPSA) is 95.1 Å². The van der Waals surface area contributed by atoms with Gasteiger partial charge in [0.05, 0.1) is 6.10 Å². The minimum Gasteiger partial charge on any atom is -0.490 e. The number of hydrogen-bond donors (Lipinski definition) is 2. The standard InChI is InChI=1S/C19H18FN5O2/c1-25-15(8-9-22-25)19(26)24-17-7-5-13(18(21)23-17)14-10-11(20)2-6-16(14)27-12-3-4-12/h2,5-10,12H,3-4H2,1H3,(H3,21,23,24,26). The molecule has 1 fully saturated rings. The molecule has 1 aromatic carbocycles. The van der Waals surface area contributed by atoms with E-state index in [1.54, 1.807) is 31.3 Å². The second kappa shape index (κ2) is 6.71. The van der Waals surface area contributed by atoms with Crippen LogP contribution in [0, 0.1) is 5.82 Å². The highest BCUT2D eigenvalue weighted by molar-refractivity contribution is 6.02. The molecular formula is C19H18FN5O2. The molecule has 1 amide bonds. The van der Waals surface area contributed by atoms with Gasteiger partial charge in [0, 0.05) is 24.4 Å². The van der Waals surface area contributed by atoms with Crippen molar-refractivity contribution in [2.45, 2.75) is 18.9 Å². The SMILES string of the molecule is Cn1nccc1C(=O)Nc1ccc(-c2cc(F)ccc2OC2CC2)c(N)n1. The van der Waals surface area contributed by atoms with Gasteiger partial charge >= 0.3 is 0 Å². The number of aromatic nitrogens is 3. The summed E-state index contributed by atoms with van der Waals surface area (Å²) in [6, 6.07) is 9.23. The quantitative estimate of drug-likeness (QED) is 0.723. The molecule has 1 aliphatic rings. The minimum atomic E-state index is -0.388. The predicted octanol–water partition coefficient (Wildman–Crippen LogP) is 3.00. The van der Waals surface area contributed by atoms with Crippen LogP contribution in [0.5, 0.6) is 5.75 Å². The third-order valence-corrected chi connectivity index (χ3v) is 4.27. The molecule has 0 spiro atoms. The average Bonchev–Trinajstić information content (AvgIpc) is 3.34. The maximum absolute atomic E-state index is 13.8. The number of halogens is 1. The van der Waals surface area contributed by atoms with E-state index in [0.29, 0.717) is 28.4 Å². The van der Waals surface area contributed by atoms with Gasteiger partial charge < -0.3 is 15.8 Å². The maximum atomic E-state index is 13.8. The first-order valence-electron chi connectivity index (χ1n) is 8.54. The van der Waals surface area contributed by atoms with Crippen molar-refractivity contribution in [1.82, 2.24) is 14.8 Å². The van der Waals surface area contributed by atoms with Crippen LogP contribution in [-0.2, 0) is 7.05 Å². The lowest BCUT2D eigenvalue weighted by atomic mass is 10.1. The Morgan fingerprint density at radius 3 is 2.74 bits per heavy atom. The van der Waals surface area contributed by atoms with E-state index in [4.69, 9.17) is 10.5 Å². The summed E-state index contributed by atoms with van der Waals surface area (Å²) in [5.74, 6) is 0.297. The largest absolute Gasteiger partial charge is 0.490 e.